The second-order valence-corrected chi connectivity index (χ2v) is 5.24. The van der Waals surface area contributed by atoms with E-state index < -0.39 is 0 Å². The first-order valence-electron chi connectivity index (χ1n) is 5.82. The molecule has 0 radical (unpaired) electrons. The minimum atomic E-state index is 0.726. The third kappa shape index (κ3) is 3.91. The maximum Gasteiger partial charge on any atom is 0.203 e. The van der Waals surface area contributed by atoms with E-state index >= 15 is 0 Å². The molecule has 0 spiro atoms. The van der Waals surface area contributed by atoms with Crippen LogP contribution in [0.4, 0.5) is 5.13 Å². The van der Waals surface area contributed by atoms with Gasteiger partial charge in [0, 0.05) is 22.2 Å². The van der Waals surface area contributed by atoms with Crippen molar-refractivity contribution in [2.75, 3.05) is 5.43 Å². The third-order valence-electron chi connectivity index (χ3n) is 2.53. The van der Waals surface area contributed by atoms with Gasteiger partial charge in [0.15, 0.2) is 0 Å². The van der Waals surface area contributed by atoms with Crippen LogP contribution in [0.1, 0.15) is 13.8 Å². The quantitative estimate of drug-likeness (QED) is 0.647. The molecule has 3 nitrogen and oxygen atoms in total. The van der Waals surface area contributed by atoms with E-state index in [-0.39, 0.29) is 0 Å². The summed E-state index contributed by atoms with van der Waals surface area (Å²) in [5.41, 5.74) is 5.98. The highest BCUT2D eigenvalue weighted by Crippen LogP contribution is 2.25. The standard InChI is InChI=1S/C14H14ClN3S/c1-3-10(2)8-16-18-14-17-13(9-19-14)11-4-6-12(15)7-5-11/h3-9H,1-2H3,(H,17,18)/b10-3+,16-8+. The minimum absolute atomic E-state index is 0.726. The molecule has 19 heavy (non-hydrogen) atoms. The predicted octanol–water partition coefficient (Wildman–Crippen LogP) is 4.83. The molecule has 1 N–H and O–H groups in total. The molecule has 0 atom stereocenters. The summed E-state index contributed by atoms with van der Waals surface area (Å²) in [5.74, 6) is 0. The van der Waals surface area contributed by atoms with Crippen LogP contribution in [0.15, 0.2) is 46.4 Å². The lowest BCUT2D eigenvalue weighted by Gasteiger charge is -1.96. The number of hydrazone groups is 1. The topological polar surface area (TPSA) is 37.3 Å². The van der Waals surface area contributed by atoms with Gasteiger partial charge in [-0.3, -0.25) is 5.43 Å². The summed E-state index contributed by atoms with van der Waals surface area (Å²) < 4.78 is 0. The monoisotopic (exact) mass is 291 g/mol. The summed E-state index contributed by atoms with van der Waals surface area (Å²) >= 11 is 7.38. The molecule has 0 saturated carbocycles. The highest BCUT2D eigenvalue weighted by Gasteiger charge is 2.03. The van der Waals surface area contributed by atoms with Crippen molar-refractivity contribution in [3.05, 3.63) is 46.3 Å². The normalized spacial score (nSPS) is 12.1. The first-order valence-corrected chi connectivity index (χ1v) is 7.08. The Kier molecular flexibility index (Phi) is 4.71. The van der Waals surface area contributed by atoms with Gasteiger partial charge in [0.05, 0.1) is 5.69 Å². The lowest BCUT2D eigenvalue weighted by atomic mass is 10.2. The zero-order valence-corrected chi connectivity index (χ0v) is 12.3. The van der Waals surface area contributed by atoms with E-state index in [0.29, 0.717) is 0 Å². The van der Waals surface area contributed by atoms with Gasteiger partial charge in [-0.2, -0.15) is 5.10 Å². The summed E-state index contributed by atoms with van der Waals surface area (Å²) in [6, 6.07) is 7.62. The van der Waals surface area contributed by atoms with Crippen LogP contribution >= 0.6 is 22.9 Å². The lowest BCUT2D eigenvalue weighted by molar-refractivity contribution is 1.28. The molecular formula is C14H14ClN3S. The summed E-state index contributed by atoms with van der Waals surface area (Å²) in [5, 5.41) is 7.60. The number of benzene rings is 1. The van der Waals surface area contributed by atoms with E-state index in [1.165, 1.54) is 11.3 Å². The third-order valence-corrected chi connectivity index (χ3v) is 3.53. The van der Waals surface area contributed by atoms with Crippen molar-refractivity contribution >= 4 is 34.3 Å². The van der Waals surface area contributed by atoms with Crippen molar-refractivity contribution in [1.29, 1.82) is 0 Å². The van der Waals surface area contributed by atoms with Crippen LogP contribution < -0.4 is 5.43 Å². The van der Waals surface area contributed by atoms with Crippen molar-refractivity contribution < 1.29 is 0 Å². The summed E-state index contributed by atoms with van der Waals surface area (Å²) in [4.78, 5) is 4.46. The molecule has 2 aromatic rings. The van der Waals surface area contributed by atoms with Gasteiger partial charge in [-0.1, -0.05) is 29.8 Å². The van der Waals surface area contributed by atoms with Crippen LogP contribution in [0.25, 0.3) is 11.3 Å². The second kappa shape index (κ2) is 6.50. The SMILES string of the molecule is C/C=C(C)/C=N/Nc1nc(-c2ccc(Cl)cc2)cs1. The van der Waals surface area contributed by atoms with Crippen molar-refractivity contribution in [1.82, 2.24) is 4.98 Å². The van der Waals surface area contributed by atoms with Crippen LogP contribution in [-0.2, 0) is 0 Å². The van der Waals surface area contributed by atoms with Crippen LogP contribution in [0.5, 0.6) is 0 Å². The van der Waals surface area contributed by atoms with E-state index in [9.17, 15) is 0 Å². The Labute approximate surface area is 121 Å². The predicted molar refractivity (Wildman–Crippen MR) is 84.1 cm³/mol. The number of halogens is 1. The van der Waals surface area contributed by atoms with Gasteiger partial charge < -0.3 is 0 Å². The van der Waals surface area contributed by atoms with Gasteiger partial charge in [0.2, 0.25) is 5.13 Å². The molecule has 5 heteroatoms. The van der Waals surface area contributed by atoms with E-state index in [2.05, 4.69) is 15.5 Å². The zero-order valence-electron chi connectivity index (χ0n) is 10.7. The molecule has 0 aliphatic heterocycles. The summed E-state index contributed by atoms with van der Waals surface area (Å²) in [6.07, 6.45) is 3.76. The number of hydrogen-bond donors (Lipinski definition) is 1. The first-order chi connectivity index (χ1) is 9.19. The minimum Gasteiger partial charge on any atom is -0.253 e. The number of thiazole rings is 1. The van der Waals surface area contributed by atoms with Crippen molar-refractivity contribution in [2.45, 2.75) is 13.8 Å². The first kappa shape index (κ1) is 13.8. The molecule has 0 aliphatic rings. The fourth-order valence-corrected chi connectivity index (χ4v) is 2.14. The van der Waals surface area contributed by atoms with Crippen molar-refractivity contribution in [3.8, 4) is 11.3 Å². The van der Waals surface area contributed by atoms with Gasteiger partial charge in [-0.25, -0.2) is 4.98 Å². The molecule has 0 unspecified atom stereocenters. The molecule has 0 amide bonds. The van der Waals surface area contributed by atoms with E-state index in [0.717, 1.165) is 27.0 Å². The Morgan fingerprint density at radius 1 is 1.37 bits per heavy atom. The van der Waals surface area contributed by atoms with Crippen LogP contribution in [0, 0.1) is 0 Å². The fourth-order valence-electron chi connectivity index (χ4n) is 1.34. The van der Waals surface area contributed by atoms with Gasteiger partial charge in [-0.05, 0) is 31.6 Å². The number of rotatable bonds is 4. The molecule has 0 aliphatic carbocycles. The van der Waals surface area contributed by atoms with Crippen LogP contribution in [-0.4, -0.2) is 11.2 Å². The van der Waals surface area contributed by atoms with Crippen LogP contribution in [0.3, 0.4) is 0 Å². The average Bonchev–Trinajstić information content (AvgIpc) is 2.88. The zero-order chi connectivity index (χ0) is 13.7. The fraction of sp³-hybridized carbons (Fsp3) is 0.143. The van der Waals surface area contributed by atoms with E-state index in [1.54, 1.807) is 6.21 Å². The highest BCUT2D eigenvalue weighted by atomic mass is 35.5. The molecule has 0 saturated heterocycles. The molecular weight excluding hydrogens is 278 g/mol. The molecule has 1 aromatic heterocycles. The van der Waals surface area contributed by atoms with Gasteiger partial charge in [0.1, 0.15) is 0 Å². The molecule has 1 aromatic carbocycles. The average molecular weight is 292 g/mol. The van der Waals surface area contributed by atoms with Crippen molar-refractivity contribution in [3.63, 3.8) is 0 Å². The molecule has 98 valence electrons. The number of nitrogens with zero attached hydrogens (tertiary/aromatic N) is 2. The number of hydrogen-bond acceptors (Lipinski definition) is 4. The Balaban J connectivity index is 2.07. The Morgan fingerprint density at radius 3 is 2.79 bits per heavy atom. The summed E-state index contributed by atoms with van der Waals surface area (Å²) in [6.45, 7) is 3.97. The van der Waals surface area contributed by atoms with Crippen molar-refractivity contribution in [2.24, 2.45) is 5.10 Å². The van der Waals surface area contributed by atoms with Gasteiger partial charge >= 0.3 is 0 Å². The lowest BCUT2D eigenvalue weighted by Crippen LogP contribution is -1.89. The molecule has 0 bridgehead atoms. The number of aromatic nitrogens is 1. The van der Waals surface area contributed by atoms with Gasteiger partial charge in [0.25, 0.3) is 0 Å². The molecule has 1 heterocycles. The largest absolute Gasteiger partial charge is 0.253 e. The maximum absolute atomic E-state index is 5.86. The van der Waals surface area contributed by atoms with Gasteiger partial charge in [-0.15, -0.1) is 11.3 Å². The molecule has 0 fully saturated rings. The summed E-state index contributed by atoms with van der Waals surface area (Å²) in [7, 11) is 0. The number of anilines is 1. The maximum atomic E-state index is 5.86. The smallest absolute Gasteiger partial charge is 0.203 e. The second-order valence-electron chi connectivity index (χ2n) is 3.95. The Bertz CT molecular complexity index is 599. The molecule has 2 rings (SSSR count). The van der Waals surface area contributed by atoms with Crippen LogP contribution in [0.2, 0.25) is 5.02 Å². The Hall–Kier alpha value is -1.65. The Morgan fingerprint density at radius 2 is 2.11 bits per heavy atom. The van der Waals surface area contributed by atoms with E-state index in [1.807, 2.05) is 49.6 Å². The van der Waals surface area contributed by atoms with E-state index in [4.69, 9.17) is 11.6 Å². The number of allylic oxidation sites excluding steroid dienone is 2. The highest BCUT2D eigenvalue weighted by molar-refractivity contribution is 7.14. The number of nitrogens with one attached hydrogen (secondary N) is 1.